The second-order valence-electron chi connectivity index (χ2n) is 4.72. The van der Waals surface area contributed by atoms with Gasteiger partial charge in [-0.25, -0.2) is 0 Å². The van der Waals surface area contributed by atoms with E-state index in [2.05, 4.69) is 36.5 Å². The zero-order chi connectivity index (χ0) is 13.7. The van der Waals surface area contributed by atoms with E-state index in [0.717, 1.165) is 42.8 Å². The van der Waals surface area contributed by atoms with E-state index in [0.29, 0.717) is 0 Å². The molecule has 0 fully saturated rings. The van der Waals surface area contributed by atoms with Gasteiger partial charge >= 0.3 is 0 Å². The lowest BCUT2D eigenvalue weighted by Crippen LogP contribution is -2.01. The number of para-hydroxylation sites is 1. The van der Waals surface area contributed by atoms with Gasteiger partial charge in [0.2, 0.25) is 0 Å². The second kappa shape index (κ2) is 6.53. The van der Waals surface area contributed by atoms with E-state index in [1.807, 2.05) is 7.05 Å². The molecule has 1 heterocycles. The molecule has 0 saturated carbocycles. The van der Waals surface area contributed by atoms with Gasteiger partial charge in [0.1, 0.15) is 0 Å². The number of benzene rings is 1. The summed E-state index contributed by atoms with van der Waals surface area (Å²) in [6.45, 7) is 2.91. The Kier molecular flexibility index (Phi) is 4.74. The molecule has 0 unspecified atom stereocenters. The summed E-state index contributed by atoms with van der Waals surface area (Å²) < 4.78 is 5.19. The molecule has 19 heavy (non-hydrogen) atoms. The average molecular weight is 258 g/mol. The van der Waals surface area contributed by atoms with E-state index < -0.39 is 0 Å². The molecule has 2 aromatic rings. The summed E-state index contributed by atoms with van der Waals surface area (Å²) >= 11 is 0. The Hall–Kier alpha value is -1.61. The molecule has 0 atom stereocenters. The third kappa shape index (κ3) is 3.04. The van der Waals surface area contributed by atoms with Gasteiger partial charge in [0, 0.05) is 30.9 Å². The fourth-order valence-corrected chi connectivity index (χ4v) is 2.37. The van der Waals surface area contributed by atoms with Crippen LogP contribution in [0.15, 0.2) is 24.3 Å². The van der Waals surface area contributed by atoms with Crippen LogP contribution in [0.3, 0.4) is 0 Å². The number of hydrogen-bond donors (Lipinski definition) is 1. The first-order valence-corrected chi connectivity index (χ1v) is 6.88. The van der Waals surface area contributed by atoms with Crippen molar-refractivity contribution in [2.75, 3.05) is 26.1 Å². The van der Waals surface area contributed by atoms with Gasteiger partial charge in [-0.15, -0.1) is 0 Å². The predicted molar refractivity (Wildman–Crippen MR) is 80.9 cm³/mol. The topological polar surface area (TPSA) is 34.1 Å². The van der Waals surface area contributed by atoms with Crippen LogP contribution in [0.4, 0.5) is 5.69 Å². The largest absolute Gasteiger partial charge is 0.388 e. The summed E-state index contributed by atoms with van der Waals surface area (Å²) in [6.07, 6.45) is 3.03. The first kappa shape index (κ1) is 13.8. The van der Waals surface area contributed by atoms with Crippen molar-refractivity contribution in [3.05, 3.63) is 35.5 Å². The SMILES string of the molecule is CCCc1cc(NC)c2cccc(CCOC)c2n1. The van der Waals surface area contributed by atoms with Gasteiger partial charge in [-0.3, -0.25) is 4.98 Å². The molecule has 1 aromatic heterocycles. The highest BCUT2D eigenvalue weighted by atomic mass is 16.5. The van der Waals surface area contributed by atoms with Crippen molar-refractivity contribution in [3.63, 3.8) is 0 Å². The molecule has 0 aliphatic carbocycles. The number of rotatable bonds is 6. The van der Waals surface area contributed by atoms with Crippen molar-refractivity contribution in [2.24, 2.45) is 0 Å². The number of nitrogens with one attached hydrogen (secondary N) is 1. The van der Waals surface area contributed by atoms with Gasteiger partial charge in [-0.05, 0) is 24.5 Å². The maximum Gasteiger partial charge on any atom is 0.0758 e. The van der Waals surface area contributed by atoms with E-state index in [9.17, 15) is 0 Å². The Morgan fingerprint density at radius 2 is 2.11 bits per heavy atom. The smallest absolute Gasteiger partial charge is 0.0758 e. The summed E-state index contributed by atoms with van der Waals surface area (Å²) in [4.78, 5) is 4.83. The third-order valence-electron chi connectivity index (χ3n) is 3.33. The molecule has 0 bridgehead atoms. The molecule has 1 aromatic carbocycles. The Bertz CT molecular complexity index is 552. The van der Waals surface area contributed by atoms with Crippen molar-refractivity contribution in [1.29, 1.82) is 0 Å². The number of ether oxygens (including phenoxy) is 1. The van der Waals surface area contributed by atoms with Crippen molar-refractivity contribution in [3.8, 4) is 0 Å². The lowest BCUT2D eigenvalue weighted by atomic mass is 10.0. The molecule has 0 amide bonds. The number of aromatic nitrogens is 1. The van der Waals surface area contributed by atoms with E-state index in [1.54, 1.807) is 7.11 Å². The number of fused-ring (bicyclic) bond motifs is 1. The highest BCUT2D eigenvalue weighted by Crippen LogP contribution is 2.26. The molecule has 3 heteroatoms. The van der Waals surface area contributed by atoms with Crippen LogP contribution in [0.25, 0.3) is 10.9 Å². The highest BCUT2D eigenvalue weighted by molar-refractivity contribution is 5.93. The van der Waals surface area contributed by atoms with E-state index >= 15 is 0 Å². The molecule has 1 N–H and O–H groups in total. The molecule has 102 valence electrons. The van der Waals surface area contributed by atoms with E-state index in [-0.39, 0.29) is 0 Å². The van der Waals surface area contributed by atoms with Crippen LogP contribution in [0, 0.1) is 0 Å². The molecule has 3 nitrogen and oxygen atoms in total. The van der Waals surface area contributed by atoms with Gasteiger partial charge in [0.05, 0.1) is 12.1 Å². The molecule has 0 aliphatic rings. The minimum Gasteiger partial charge on any atom is -0.388 e. The molecule has 0 aliphatic heterocycles. The average Bonchev–Trinajstić information content (AvgIpc) is 2.44. The van der Waals surface area contributed by atoms with E-state index in [1.165, 1.54) is 10.9 Å². The van der Waals surface area contributed by atoms with Gasteiger partial charge in [0.15, 0.2) is 0 Å². The van der Waals surface area contributed by atoms with Crippen molar-refractivity contribution in [1.82, 2.24) is 4.98 Å². The lowest BCUT2D eigenvalue weighted by molar-refractivity contribution is 0.202. The van der Waals surface area contributed by atoms with Crippen LogP contribution in [0.2, 0.25) is 0 Å². The number of anilines is 1. The first-order valence-electron chi connectivity index (χ1n) is 6.88. The number of hydrogen-bond acceptors (Lipinski definition) is 3. The Labute approximate surface area is 115 Å². The molecule has 0 saturated heterocycles. The monoisotopic (exact) mass is 258 g/mol. The maximum absolute atomic E-state index is 5.19. The Morgan fingerprint density at radius 1 is 1.26 bits per heavy atom. The molecule has 2 rings (SSSR count). The molecule has 0 spiro atoms. The van der Waals surface area contributed by atoms with Crippen LogP contribution in [0.1, 0.15) is 24.6 Å². The zero-order valence-electron chi connectivity index (χ0n) is 12.0. The zero-order valence-corrected chi connectivity index (χ0v) is 12.0. The van der Waals surface area contributed by atoms with Crippen molar-refractivity contribution >= 4 is 16.6 Å². The normalized spacial score (nSPS) is 10.9. The van der Waals surface area contributed by atoms with Crippen molar-refractivity contribution < 1.29 is 4.74 Å². The number of aryl methyl sites for hydroxylation is 1. The minimum absolute atomic E-state index is 0.730. The van der Waals surface area contributed by atoms with Crippen LogP contribution >= 0.6 is 0 Å². The highest BCUT2D eigenvalue weighted by Gasteiger charge is 2.08. The fraction of sp³-hybridized carbons (Fsp3) is 0.438. The van der Waals surface area contributed by atoms with Crippen LogP contribution in [-0.4, -0.2) is 25.7 Å². The first-order chi connectivity index (χ1) is 9.30. The standard InChI is InChI=1S/C16H22N2O/c1-4-6-13-11-15(17-2)14-8-5-7-12(9-10-19-3)16(14)18-13/h5,7-8,11H,4,6,9-10H2,1-3H3,(H,17,18). The summed E-state index contributed by atoms with van der Waals surface area (Å²) in [5.41, 5.74) is 4.68. The lowest BCUT2D eigenvalue weighted by Gasteiger charge is -2.12. The molecular formula is C16H22N2O. The van der Waals surface area contributed by atoms with E-state index in [4.69, 9.17) is 9.72 Å². The predicted octanol–water partition coefficient (Wildman–Crippen LogP) is 3.42. The molecule has 0 radical (unpaired) electrons. The Balaban J connectivity index is 2.54. The van der Waals surface area contributed by atoms with Crippen molar-refractivity contribution in [2.45, 2.75) is 26.2 Å². The maximum atomic E-state index is 5.19. The Morgan fingerprint density at radius 3 is 2.79 bits per heavy atom. The third-order valence-corrected chi connectivity index (χ3v) is 3.33. The van der Waals surface area contributed by atoms with Gasteiger partial charge in [-0.1, -0.05) is 31.5 Å². The summed E-state index contributed by atoms with van der Waals surface area (Å²) in [6, 6.07) is 8.52. The fourth-order valence-electron chi connectivity index (χ4n) is 2.37. The number of methoxy groups -OCH3 is 1. The van der Waals surface area contributed by atoms with Gasteiger partial charge in [0.25, 0.3) is 0 Å². The number of pyridine rings is 1. The quantitative estimate of drug-likeness (QED) is 0.862. The summed E-state index contributed by atoms with van der Waals surface area (Å²) in [5, 5.41) is 4.47. The van der Waals surface area contributed by atoms with Crippen LogP contribution < -0.4 is 5.32 Å². The summed E-state index contributed by atoms with van der Waals surface area (Å²) in [5.74, 6) is 0. The van der Waals surface area contributed by atoms with Crippen LogP contribution in [-0.2, 0) is 17.6 Å². The molecular weight excluding hydrogens is 236 g/mol. The number of nitrogens with zero attached hydrogens (tertiary/aromatic N) is 1. The van der Waals surface area contributed by atoms with Gasteiger partial charge in [-0.2, -0.15) is 0 Å². The van der Waals surface area contributed by atoms with Gasteiger partial charge < -0.3 is 10.1 Å². The van der Waals surface area contributed by atoms with Crippen LogP contribution in [0.5, 0.6) is 0 Å². The minimum atomic E-state index is 0.730. The second-order valence-corrected chi connectivity index (χ2v) is 4.72. The summed E-state index contributed by atoms with van der Waals surface area (Å²) in [7, 11) is 3.70.